The van der Waals surface area contributed by atoms with Crippen LogP contribution in [0.5, 0.6) is 11.5 Å². The van der Waals surface area contributed by atoms with Crippen LogP contribution in [-0.2, 0) is 0 Å². The lowest BCUT2D eigenvalue weighted by atomic mass is 10.1. The van der Waals surface area contributed by atoms with Crippen molar-refractivity contribution in [2.75, 3.05) is 0 Å². The van der Waals surface area contributed by atoms with Crippen molar-refractivity contribution < 1.29 is 20.1 Å². The molecule has 0 spiro atoms. The Bertz CT molecular complexity index is 627. The first-order chi connectivity index (χ1) is 9.06. The van der Waals surface area contributed by atoms with Gasteiger partial charge in [0.25, 0.3) is 0 Å². The molecule has 4 heteroatoms. The van der Waals surface area contributed by atoms with E-state index in [1.165, 1.54) is 12.1 Å². The number of aromatic carboxylic acids is 1. The van der Waals surface area contributed by atoms with E-state index < -0.39 is 5.97 Å². The third-order valence-electron chi connectivity index (χ3n) is 2.61. The third-order valence-corrected chi connectivity index (χ3v) is 2.61. The maximum Gasteiger partial charge on any atom is 0.339 e. The molecular weight excluding hydrogens is 244 g/mol. The molecule has 0 aliphatic carbocycles. The van der Waals surface area contributed by atoms with Crippen molar-refractivity contribution in [3.05, 3.63) is 59.2 Å². The average Bonchev–Trinajstić information content (AvgIpc) is 2.39. The van der Waals surface area contributed by atoms with Gasteiger partial charge in [0, 0.05) is 0 Å². The SMILES string of the molecule is O=C(O)c1cc(/C=C/c2ccc(O)cc2)ccc1O. The van der Waals surface area contributed by atoms with Gasteiger partial charge in [-0.1, -0.05) is 30.4 Å². The lowest BCUT2D eigenvalue weighted by Gasteiger charge is -2.01. The highest BCUT2D eigenvalue weighted by Gasteiger charge is 2.08. The zero-order valence-electron chi connectivity index (χ0n) is 9.95. The highest BCUT2D eigenvalue weighted by molar-refractivity contribution is 5.91. The molecule has 2 aromatic carbocycles. The van der Waals surface area contributed by atoms with Crippen LogP contribution < -0.4 is 0 Å². The molecule has 0 aliphatic heterocycles. The second-order valence-corrected chi connectivity index (χ2v) is 4.01. The van der Waals surface area contributed by atoms with Gasteiger partial charge in [-0.2, -0.15) is 0 Å². The molecule has 0 aromatic heterocycles. The summed E-state index contributed by atoms with van der Waals surface area (Å²) in [6, 6.07) is 11.0. The molecule has 3 N–H and O–H groups in total. The Morgan fingerprint density at radius 3 is 2.11 bits per heavy atom. The van der Waals surface area contributed by atoms with Gasteiger partial charge in [0.05, 0.1) is 0 Å². The van der Waals surface area contributed by atoms with Crippen molar-refractivity contribution in [3.8, 4) is 11.5 Å². The van der Waals surface area contributed by atoms with Crippen LogP contribution in [0.2, 0.25) is 0 Å². The van der Waals surface area contributed by atoms with Gasteiger partial charge >= 0.3 is 5.97 Å². The Labute approximate surface area is 109 Å². The molecule has 2 aromatic rings. The number of carboxylic acid groups (broad SMARTS) is 1. The van der Waals surface area contributed by atoms with E-state index in [2.05, 4.69) is 0 Å². The molecule has 0 radical (unpaired) electrons. The summed E-state index contributed by atoms with van der Waals surface area (Å²) in [5, 5.41) is 27.4. The number of carbonyl (C=O) groups is 1. The monoisotopic (exact) mass is 256 g/mol. The Hall–Kier alpha value is -2.75. The van der Waals surface area contributed by atoms with Crippen LogP contribution in [0.3, 0.4) is 0 Å². The summed E-state index contributed by atoms with van der Waals surface area (Å²) in [6.45, 7) is 0. The smallest absolute Gasteiger partial charge is 0.339 e. The number of rotatable bonds is 3. The summed E-state index contributed by atoms with van der Waals surface area (Å²) in [6.07, 6.45) is 3.52. The minimum Gasteiger partial charge on any atom is -0.508 e. The van der Waals surface area contributed by atoms with Crippen LogP contribution in [0.15, 0.2) is 42.5 Å². The predicted octanol–water partition coefficient (Wildman–Crippen LogP) is 2.97. The number of hydrogen-bond acceptors (Lipinski definition) is 3. The standard InChI is InChI=1S/C15H12O4/c16-12-6-3-10(4-7-12)1-2-11-5-8-14(17)13(9-11)15(18)19/h1-9,16-17H,(H,18,19)/b2-1+. The molecule has 0 heterocycles. The summed E-state index contributed by atoms with van der Waals surface area (Å²) in [4.78, 5) is 10.9. The molecule has 96 valence electrons. The molecule has 0 amide bonds. The highest BCUT2D eigenvalue weighted by atomic mass is 16.4. The van der Waals surface area contributed by atoms with E-state index in [-0.39, 0.29) is 17.1 Å². The van der Waals surface area contributed by atoms with E-state index in [9.17, 15) is 9.90 Å². The van der Waals surface area contributed by atoms with E-state index in [4.69, 9.17) is 10.2 Å². The number of hydrogen-bond donors (Lipinski definition) is 3. The Morgan fingerprint density at radius 2 is 1.47 bits per heavy atom. The molecule has 0 aliphatic rings. The van der Waals surface area contributed by atoms with Crippen LogP contribution in [0.25, 0.3) is 12.2 Å². The van der Waals surface area contributed by atoms with E-state index in [1.807, 2.05) is 0 Å². The van der Waals surface area contributed by atoms with E-state index in [1.54, 1.807) is 42.5 Å². The fourth-order valence-corrected chi connectivity index (χ4v) is 1.61. The summed E-state index contributed by atoms with van der Waals surface area (Å²) in [5.74, 6) is -1.23. The van der Waals surface area contributed by atoms with Crippen LogP contribution in [0, 0.1) is 0 Å². The Balaban J connectivity index is 2.26. The lowest BCUT2D eigenvalue weighted by Crippen LogP contribution is -1.96. The third kappa shape index (κ3) is 3.13. The molecule has 0 bridgehead atoms. The van der Waals surface area contributed by atoms with Crippen molar-refractivity contribution in [1.29, 1.82) is 0 Å². The van der Waals surface area contributed by atoms with Gasteiger partial charge < -0.3 is 15.3 Å². The van der Waals surface area contributed by atoms with Crippen molar-refractivity contribution in [2.24, 2.45) is 0 Å². The zero-order chi connectivity index (χ0) is 13.8. The van der Waals surface area contributed by atoms with E-state index in [0.717, 1.165) is 5.56 Å². The quantitative estimate of drug-likeness (QED) is 0.738. The van der Waals surface area contributed by atoms with Crippen LogP contribution in [-0.4, -0.2) is 21.3 Å². The molecule has 0 fully saturated rings. The first-order valence-corrected chi connectivity index (χ1v) is 5.60. The first kappa shape index (κ1) is 12.7. The van der Waals surface area contributed by atoms with Gasteiger partial charge in [0.15, 0.2) is 0 Å². The molecule has 0 saturated heterocycles. The van der Waals surface area contributed by atoms with Gasteiger partial charge in [-0.15, -0.1) is 0 Å². The second-order valence-electron chi connectivity index (χ2n) is 4.01. The minimum absolute atomic E-state index is 0.132. The zero-order valence-corrected chi connectivity index (χ0v) is 9.95. The van der Waals surface area contributed by atoms with Crippen molar-refractivity contribution >= 4 is 18.1 Å². The fourth-order valence-electron chi connectivity index (χ4n) is 1.61. The minimum atomic E-state index is -1.17. The summed E-state index contributed by atoms with van der Waals surface area (Å²) in [7, 11) is 0. The second kappa shape index (κ2) is 5.27. The fraction of sp³-hybridized carbons (Fsp3) is 0. The van der Waals surface area contributed by atoms with E-state index >= 15 is 0 Å². The van der Waals surface area contributed by atoms with Gasteiger partial charge in [0.2, 0.25) is 0 Å². The number of benzene rings is 2. The van der Waals surface area contributed by atoms with Crippen LogP contribution in [0.4, 0.5) is 0 Å². The predicted molar refractivity (Wildman–Crippen MR) is 72.1 cm³/mol. The van der Waals surface area contributed by atoms with Gasteiger partial charge in [0.1, 0.15) is 17.1 Å². The summed E-state index contributed by atoms with van der Waals surface area (Å²) >= 11 is 0. The highest BCUT2D eigenvalue weighted by Crippen LogP contribution is 2.20. The van der Waals surface area contributed by atoms with Crippen LogP contribution in [0.1, 0.15) is 21.5 Å². The summed E-state index contributed by atoms with van der Waals surface area (Å²) in [5.41, 5.74) is 1.42. The number of aromatic hydroxyl groups is 2. The van der Waals surface area contributed by atoms with E-state index in [0.29, 0.717) is 5.56 Å². The molecule has 0 unspecified atom stereocenters. The Morgan fingerprint density at radius 1 is 0.895 bits per heavy atom. The summed E-state index contributed by atoms with van der Waals surface area (Å²) < 4.78 is 0. The van der Waals surface area contributed by atoms with Crippen LogP contribution >= 0.6 is 0 Å². The number of carboxylic acids is 1. The van der Waals surface area contributed by atoms with Crippen molar-refractivity contribution in [3.63, 3.8) is 0 Å². The largest absolute Gasteiger partial charge is 0.508 e. The maximum atomic E-state index is 10.9. The number of phenols is 2. The first-order valence-electron chi connectivity index (χ1n) is 5.60. The molecule has 2 rings (SSSR count). The maximum absolute atomic E-state index is 10.9. The normalized spacial score (nSPS) is 10.7. The van der Waals surface area contributed by atoms with Gasteiger partial charge in [-0.3, -0.25) is 0 Å². The lowest BCUT2D eigenvalue weighted by molar-refractivity contribution is 0.0693. The van der Waals surface area contributed by atoms with Gasteiger partial charge in [-0.25, -0.2) is 4.79 Å². The number of phenolic OH excluding ortho intramolecular Hbond substituents is 1. The van der Waals surface area contributed by atoms with Crippen molar-refractivity contribution in [1.82, 2.24) is 0 Å². The molecule has 0 saturated carbocycles. The molecule has 0 atom stereocenters. The Kier molecular flexibility index (Phi) is 3.52. The average molecular weight is 256 g/mol. The topological polar surface area (TPSA) is 77.8 Å². The van der Waals surface area contributed by atoms with Crippen molar-refractivity contribution in [2.45, 2.75) is 0 Å². The molecule has 19 heavy (non-hydrogen) atoms. The molecule has 4 nitrogen and oxygen atoms in total. The molecular formula is C15H12O4. The van der Waals surface area contributed by atoms with Gasteiger partial charge in [-0.05, 0) is 35.4 Å².